The average Bonchev–Trinajstić information content (AvgIpc) is 2.76. The smallest absolute Gasteiger partial charge is 0.0940 e. The Morgan fingerprint density at radius 3 is 3.08 bits per heavy atom. The minimum absolute atomic E-state index is 0.491. The first-order valence-corrected chi connectivity index (χ1v) is 4.99. The molecule has 4 heteroatoms. The van der Waals surface area contributed by atoms with Crippen LogP contribution in [0.4, 0.5) is 0 Å². The molecule has 1 fully saturated rings. The van der Waals surface area contributed by atoms with Gasteiger partial charge >= 0.3 is 0 Å². The van der Waals surface area contributed by atoms with Crippen LogP contribution < -0.4 is 0 Å². The summed E-state index contributed by atoms with van der Waals surface area (Å²) in [5, 5.41) is 5.49. The molecule has 0 N–H and O–H groups in total. The van der Waals surface area contributed by atoms with E-state index in [1.165, 1.54) is 5.03 Å². The van der Waals surface area contributed by atoms with E-state index >= 15 is 0 Å². The van der Waals surface area contributed by atoms with E-state index in [1.807, 2.05) is 30.4 Å². The van der Waals surface area contributed by atoms with Crippen LogP contribution in [-0.4, -0.2) is 28.2 Å². The molecule has 1 atom stereocenters. The molecule has 12 heavy (non-hydrogen) atoms. The lowest BCUT2D eigenvalue weighted by Crippen LogP contribution is -1.95. The summed E-state index contributed by atoms with van der Waals surface area (Å²) >= 11 is 1.81. The quantitative estimate of drug-likeness (QED) is 0.522. The molecule has 1 aliphatic heterocycles. The molecule has 0 saturated carbocycles. The number of aromatic nitrogens is 2. The molecule has 3 nitrogen and oxygen atoms in total. The van der Waals surface area contributed by atoms with Crippen LogP contribution in [-0.2, 0) is 11.8 Å². The molecule has 0 amide bonds. The SMILES string of the molecule is Cc1cc(SC[C@H]2CO2)n(C)n1. The average molecular weight is 184 g/mol. The summed E-state index contributed by atoms with van der Waals surface area (Å²) in [4.78, 5) is 0. The summed E-state index contributed by atoms with van der Waals surface area (Å²) in [5.74, 6) is 1.05. The lowest BCUT2D eigenvalue weighted by Gasteiger charge is -1.97. The highest BCUT2D eigenvalue weighted by Gasteiger charge is 2.22. The van der Waals surface area contributed by atoms with Gasteiger partial charge in [0.15, 0.2) is 0 Å². The van der Waals surface area contributed by atoms with E-state index in [9.17, 15) is 0 Å². The third kappa shape index (κ3) is 1.81. The van der Waals surface area contributed by atoms with E-state index in [0.29, 0.717) is 6.10 Å². The normalized spacial score (nSPS) is 21.3. The van der Waals surface area contributed by atoms with Gasteiger partial charge in [0.1, 0.15) is 0 Å². The molecule has 0 aliphatic carbocycles. The second-order valence-electron chi connectivity index (χ2n) is 3.01. The molecule has 0 aromatic carbocycles. The van der Waals surface area contributed by atoms with Crippen molar-refractivity contribution in [3.05, 3.63) is 11.8 Å². The monoisotopic (exact) mass is 184 g/mol. The molecule has 1 aromatic rings. The van der Waals surface area contributed by atoms with E-state index in [-0.39, 0.29) is 0 Å². The maximum absolute atomic E-state index is 5.13. The van der Waals surface area contributed by atoms with E-state index in [4.69, 9.17) is 4.74 Å². The summed E-state index contributed by atoms with van der Waals surface area (Å²) < 4.78 is 7.05. The van der Waals surface area contributed by atoms with Crippen LogP contribution >= 0.6 is 11.8 Å². The first kappa shape index (κ1) is 8.13. The summed E-state index contributed by atoms with van der Waals surface area (Å²) in [6.45, 7) is 2.95. The zero-order chi connectivity index (χ0) is 8.55. The highest BCUT2D eigenvalue weighted by Crippen LogP contribution is 2.23. The molecule has 1 saturated heterocycles. The number of aryl methyl sites for hydroxylation is 2. The molecule has 2 heterocycles. The van der Waals surface area contributed by atoms with Crippen LogP contribution in [0.15, 0.2) is 11.1 Å². The summed E-state index contributed by atoms with van der Waals surface area (Å²) in [5.41, 5.74) is 1.08. The van der Waals surface area contributed by atoms with E-state index in [2.05, 4.69) is 11.2 Å². The van der Waals surface area contributed by atoms with Crippen molar-refractivity contribution in [2.75, 3.05) is 12.4 Å². The van der Waals surface area contributed by atoms with Crippen LogP contribution in [0.25, 0.3) is 0 Å². The first-order chi connectivity index (χ1) is 5.75. The maximum atomic E-state index is 5.13. The van der Waals surface area contributed by atoms with Crippen molar-refractivity contribution in [1.82, 2.24) is 9.78 Å². The number of ether oxygens (including phenoxy) is 1. The van der Waals surface area contributed by atoms with Gasteiger partial charge in [-0.2, -0.15) is 5.10 Å². The van der Waals surface area contributed by atoms with Gasteiger partial charge < -0.3 is 4.74 Å². The predicted octanol–water partition coefficient (Wildman–Crippen LogP) is 1.22. The Labute approximate surface area is 76.1 Å². The van der Waals surface area contributed by atoms with Gasteiger partial charge in [-0.25, -0.2) is 0 Å². The fraction of sp³-hybridized carbons (Fsp3) is 0.625. The minimum Gasteiger partial charge on any atom is -0.372 e. The fourth-order valence-corrected chi connectivity index (χ4v) is 2.10. The van der Waals surface area contributed by atoms with Gasteiger partial charge in [-0.3, -0.25) is 4.68 Å². The number of rotatable bonds is 3. The first-order valence-electron chi connectivity index (χ1n) is 4.01. The van der Waals surface area contributed by atoms with Gasteiger partial charge in [0, 0.05) is 12.8 Å². The van der Waals surface area contributed by atoms with Crippen molar-refractivity contribution >= 4 is 11.8 Å². The van der Waals surface area contributed by atoms with Gasteiger partial charge in [-0.05, 0) is 13.0 Å². The third-order valence-electron chi connectivity index (χ3n) is 1.78. The molecular weight excluding hydrogens is 172 g/mol. The van der Waals surface area contributed by atoms with Crippen molar-refractivity contribution < 1.29 is 4.74 Å². The Hall–Kier alpha value is -0.480. The number of epoxide rings is 1. The molecule has 0 radical (unpaired) electrons. The van der Waals surface area contributed by atoms with Crippen molar-refractivity contribution in [3.8, 4) is 0 Å². The molecule has 0 unspecified atom stereocenters. The minimum atomic E-state index is 0.491. The Kier molecular flexibility index (Phi) is 2.11. The predicted molar refractivity (Wildman–Crippen MR) is 48.4 cm³/mol. The maximum Gasteiger partial charge on any atom is 0.0940 e. The summed E-state index contributed by atoms with van der Waals surface area (Å²) in [7, 11) is 1.98. The highest BCUT2D eigenvalue weighted by atomic mass is 32.2. The lowest BCUT2D eigenvalue weighted by atomic mass is 10.5. The Morgan fingerprint density at radius 1 is 1.83 bits per heavy atom. The van der Waals surface area contributed by atoms with Gasteiger partial charge in [0.25, 0.3) is 0 Å². The van der Waals surface area contributed by atoms with Gasteiger partial charge in [0.2, 0.25) is 0 Å². The third-order valence-corrected chi connectivity index (χ3v) is 2.99. The zero-order valence-corrected chi connectivity index (χ0v) is 8.10. The van der Waals surface area contributed by atoms with Crippen molar-refractivity contribution in [2.24, 2.45) is 7.05 Å². The standard InChI is InChI=1S/C8H12N2OS/c1-6-3-8(10(2)9-6)12-5-7-4-11-7/h3,7H,4-5H2,1-2H3/t7-/m1/s1. The summed E-state index contributed by atoms with van der Waals surface area (Å²) in [6, 6.07) is 2.10. The van der Waals surface area contributed by atoms with Crippen molar-refractivity contribution in [1.29, 1.82) is 0 Å². The van der Waals surface area contributed by atoms with Gasteiger partial charge in [0.05, 0.1) is 23.4 Å². The lowest BCUT2D eigenvalue weighted by molar-refractivity contribution is 0.426. The number of thioether (sulfide) groups is 1. The molecular formula is C8H12N2OS. The second-order valence-corrected chi connectivity index (χ2v) is 4.05. The summed E-state index contributed by atoms with van der Waals surface area (Å²) in [6.07, 6.45) is 0.491. The number of hydrogen-bond donors (Lipinski definition) is 0. The van der Waals surface area contributed by atoms with E-state index < -0.39 is 0 Å². The molecule has 66 valence electrons. The molecule has 2 rings (SSSR count). The topological polar surface area (TPSA) is 30.4 Å². The molecule has 0 spiro atoms. The Morgan fingerprint density at radius 2 is 2.58 bits per heavy atom. The second kappa shape index (κ2) is 3.11. The number of hydrogen-bond acceptors (Lipinski definition) is 3. The van der Waals surface area contributed by atoms with Crippen molar-refractivity contribution in [2.45, 2.75) is 18.1 Å². The van der Waals surface area contributed by atoms with E-state index in [0.717, 1.165) is 18.1 Å². The number of nitrogens with zero attached hydrogens (tertiary/aromatic N) is 2. The molecule has 1 aliphatic rings. The van der Waals surface area contributed by atoms with Gasteiger partial charge in [-0.1, -0.05) is 0 Å². The van der Waals surface area contributed by atoms with Crippen LogP contribution in [0.2, 0.25) is 0 Å². The van der Waals surface area contributed by atoms with Crippen LogP contribution in [0.5, 0.6) is 0 Å². The van der Waals surface area contributed by atoms with E-state index in [1.54, 1.807) is 0 Å². The fourth-order valence-electron chi connectivity index (χ4n) is 1.06. The zero-order valence-electron chi connectivity index (χ0n) is 7.28. The van der Waals surface area contributed by atoms with Crippen LogP contribution in [0, 0.1) is 6.92 Å². The molecule has 1 aromatic heterocycles. The van der Waals surface area contributed by atoms with Crippen LogP contribution in [0.3, 0.4) is 0 Å². The van der Waals surface area contributed by atoms with Crippen LogP contribution in [0.1, 0.15) is 5.69 Å². The van der Waals surface area contributed by atoms with Gasteiger partial charge in [-0.15, -0.1) is 11.8 Å². The molecule has 0 bridgehead atoms. The highest BCUT2D eigenvalue weighted by molar-refractivity contribution is 7.99. The van der Waals surface area contributed by atoms with Crippen molar-refractivity contribution in [3.63, 3.8) is 0 Å². The Balaban J connectivity index is 1.96. The Bertz CT molecular complexity index is 281. The largest absolute Gasteiger partial charge is 0.372 e.